The Kier molecular flexibility index (Phi) is 5.72. The van der Waals surface area contributed by atoms with Crippen LogP contribution in [0.3, 0.4) is 0 Å². The van der Waals surface area contributed by atoms with Crippen molar-refractivity contribution in [1.82, 2.24) is 9.91 Å². The van der Waals surface area contributed by atoms with Gasteiger partial charge in [-0.1, -0.05) is 0 Å². The second kappa shape index (κ2) is 6.00. The zero-order chi connectivity index (χ0) is 9.56. The second-order valence-electron chi connectivity index (χ2n) is 3.43. The average Bonchev–Trinajstić information content (AvgIpc) is 1.96. The standard InChI is InChI=1S/C9H21N3/c1-6-10-12(9(2)3)8-7-11(4)5/h6,9H,7-8H2,1-5H3/b10-6-. The van der Waals surface area contributed by atoms with E-state index in [0.717, 1.165) is 13.1 Å². The van der Waals surface area contributed by atoms with E-state index in [9.17, 15) is 0 Å². The summed E-state index contributed by atoms with van der Waals surface area (Å²) in [5, 5.41) is 6.37. The summed E-state index contributed by atoms with van der Waals surface area (Å²) in [6.07, 6.45) is 1.84. The molecule has 0 spiro atoms. The first-order chi connectivity index (χ1) is 5.57. The fraction of sp³-hybridized carbons (Fsp3) is 0.889. The largest absolute Gasteiger partial charge is 0.308 e. The molecule has 0 unspecified atom stereocenters. The highest BCUT2D eigenvalue weighted by Gasteiger charge is 2.04. The molecule has 0 amide bonds. The van der Waals surface area contributed by atoms with E-state index in [1.807, 2.05) is 13.1 Å². The van der Waals surface area contributed by atoms with Crippen molar-refractivity contribution in [3.8, 4) is 0 Å². The Labute approximate surface area is 76.0 Å². The average molecular weight is 171 g/mol. The zero-order valence-corrected chi connectivity index (χ0v) is 8.91. The van der Waals surface area contributed by atoms with Crippen molar-refractivity contribution in [1.29, 1.82) is 0 Å². The minimum Gasteiger partial charge on any atom is -0.308 e. The van der Waals surface area contributed by atoms with Gasteiger partial charge < -0.3 is 4.90 Å². The van der Waals surface area contributed by atoms with E-state index in [1.165, 1.54) is 0 Å². The second-order valence-corrected chi connectivity index (χ2v) is 3.43. The highest BCUT2D eigenvalue weighted by Crippen LogP contribution is 1.97. The number of hydrogen-bond acceptors (Lipinski definition) is 3. The van der Waals surface area contributed by atoms with Crippen LogP contribution in [0.2, 0.25) is 0 Å². The van der Waals surface area contributed by atoms with Crippen molar-refractivity contribution in [2.24, 2.45) is 5.10 Å². The van der Waals surface area contributed by atoms with Gasteiger partial charge >= 0.3 is 0 Å². The van der Waals surface area contributed by atoms with Gasteiger partial charge in [0.05, 0.1) is 0 Å². The molecule has 72 valence electrons. The lowest BCUT2D eigenvalue weighted by molar-refractivity contribution is 0.208. The predicted molar refractivity (Wildman–Crippen MR) is 54.6 cm³/mol. The number of hydrazone groups is 1. The highest BCUT2D eigenvalue weighted by atomic mass is 15.5. The molecule has 0 aromatic heterocycles. The van der Waals surface area contributed by atoms with Gasteiger partial charge in [0.15, 0.2) is 0 Å². The molecule has 12 heavy (non-hydrogen) atoms. The number of likely N-dealkylation sites (N-methyl/N-ethyl adjacent to an activating group) is 1. The van der Waals surface area contributed by atoms with Gasteiger partial charge in [0.2, 0.25) is 0 Å². The Balaban J connectivity index is 3.79. The monoisotopic (exact) mass is 171 g/mol. The third-order valence-corrected chi connectivity index (χ3v) is 1.64. The topological polar surface area (TPSA) is 18.8 Å². The summed E-state index contributed by atoms with van der Waals surface area (Å²) in [5.41, 5.74) is 0. The molecule has 3 heteroatoms. The van der Waals surface area contributed by atoms with Crippen molar-refractivity contribution in [2.75, 3.05) is 27.2 Å². The van der Waals surface area contributed by atoms with Crippen molar-refractivity contribution >= 4 is 6.21 Å². The van der Waals surface area contributed by atoms with E-state index in [1.54, 1.807) is 0 Å². The number of rotatable bonds is 5. The fourth-order valence-corrected chi connectivity index (χ4v) is 0.900. The molecule has 0 fully saturated rings. The van der Waals surface area contributed by atoms with Crippen LogP contribution in [0.25, 0.3) is 0 Å². The molecular formula is C9H21N3. The quantitative estimate of drug-likeness (QED) is 0.458. The third-order valence-electron chi connectivity index (χ3n) is 1.64. The summed E-state index contributed by atoms with van der Waals surface area (Å²) < 4.78 is 0. The summed E-state index contributed by atoms with van der Waals surface area (Å²) in [6.45, 7) is 8.31. The Morgan fingerprint density at radius 3 is 2.17 bits per heavy atom. The van der Waals surface area contributed by atoms with Crippen LogP contribution < -0.4 is 0 Å². The predicted octanol–water partition coefficient (Wildman–Crippen LogP) is 1.26. The molecule has 0 radical (unpaired) electrons. The van der Waals surface area contributed by atoms with Crippen molar-refractivity contribution in [2.45, 2.75) is 26.8 Å². The first-order valence-corrected chi connectivity index (χ1v) is 4.48. The smallest absolute Gasteiger partial charge is 0.0490 e. The molecule has 0 aromatic rings. The van der Waals surface area contributed by atoms with E-state index in [-0.39, 0.29) is 0 Å². The Hall–Kier alpha value is -0.570. The van der Waals surface area contributed by atoms with E-state index >= 15 is 0 Å². The molecule has 0 saturated heterocycles. The summed E-state index contributed by atoms with van der Waals surface area (Å²) >= 11 is 0. The van der Waals surface area contributed by atoms with Crippen LogP contribution >= 0.6 is 0 Å². The molecule has 0 heterocycles. The van der Waals surface area contributed by atoms with Crippen molar-refractivity contribution in [3.63, 3.8) is 0 Å². The van der Waals surface area contributed by atoms with Crippen LogP contribution in [0.1, 0.15) is 20.8 Å². The third kappa shape index (κ3) is 5.13. The summed E-state index contributed by atoms with van der Waals surface area (Å²) in [4.78, 5) is 2.17. The summed E-state index contributed by atoms with van der Waals surface area (Å²) in [7, 11) is 4.16. The Morgan fingerprint density at radius 1 is 1.25 bits per heavy atom. The zero-order valence-electron chi connectivity index (χ0n) is 8.91. The van der Waals surface area contributed by atoms with E-state index in [2.05, 4.69) is 43.0 Å². The summed E-state index contributed by atoms with van der Waals surface area (Å²) in [5.74, 6) is 0. The van der Waals surface area contributed by atoms with E-state index in [4.69, 9.17) is 0 Å². The maximum atomic E-state index is 4.28. The highest BCUT2D eigenvalue weighted by molar-refractivity contribution is 5.52. The first kappa shape index (κ1) is 11.4. The minimum atomic E-state index is 0.487. The molecule has 0 saturated carbocycles. The van der Waals surface area contributed by atoms with Gasteiger partial charge in [0, 0.05) is 25.3 Å². The van der Waals surface area contributed by atoms with Crippen LogP contribution in [0.5, 0.6) is 0 Å². The maximum absolute atomic E-state index is 4.28. The SMILES string of the molecule is C/C=N\N(CCN(C)C)C(C)C. The summed E-state index contributed by atoms with van der Waals surface area (Å²) in [6, 6.07) is 0.487. The van der Waals surface area contributed by atoms with Crippen LogP contribution in [0, 0.1) is 0 Å². The lowest BCUT2D eigenvalue weighted by Gasteiger charge is -2.24. The normalized spacial score (nSPS) is 11.9. The van der Waals surface area contributed by atoms with Crippen LogP contribution in [-0.4, -0.2) is 49.4 Å². The van der Waals surface area contributed by atoms with E-state index < -0.39 is 0 Å². The molecular weight excluding hydrogens is 150 g/mol. The van der Waals surface area contributed by atoms with Crippen molar-refractivity contribution in [3.05, 3.63) is 0 Å². The minimum absolute atomic E-state index is 0.487. The number of hydrogen-bond donors (Lipinski definition) is 0. The lowest BCUT2D eigenvalue weighted by Crippen LogP contribution is -2.32. The molecule has 0 N–H and O–H groups in total. The molecule has 0 aliphatic rings. The molecule has 0 rings (SSSR count). The maximum Gasteiger partial charge on any atom is 0.0490 e. The van der Waals surface area contributed by atoms with Gasteiger partial charge in [0.1, 0.15) is 0 Å². The van der Waals surface area contributed by atoms with Gasteiger partial charge in [0.25, 0.3) is 0 Å². The Morgan fingerprint density at radius 2 is 1.83 bits per heavy atom. The Bertz CT molecular complexity index is 130. The molecule has 0 aromatic carbocycles. The van der Waals surface area contributed by atoms with Crippen LogP contribution in [0.4, 0.5) is 0 Å². The van der Waals surface area contributed by atoms with Gasteiger partial charge in [-0.25, -0.2) is 0 Å². The first-order valence-electron chi connectivity index (χ1n) is 4.48. The van der Waals surface area contributed by atoms with E-state index in [0.29, 0.717) is 6.04 Å². The van der Waals surface area contributed by atoms with Gasteiger partial charge in [-0.05, 0) is 34.9 Å². The van der Waals surface area contributed by atoms with Gasteiger partial charge in [-0.3, -0.25) is 5.01 Å². The molecule has 0 aliphatic heterocycles. The van der Waals surface area contributed by atoms with Crippen LogP contribution in [-0.2, 0) is 0 Å². The van der Waals surface area contributed by atoms with Crippen LogP contribution in [0.15, 0.2) is 5.10 Å². The molecule has 3 nitrogen and oxygen atoms in total. The molecule has 0 bridgehead atoms. The molecule has 0 aliphatic carbocycles. The number of nitrogens with zero attached hydrogens (tertiary/aromatic N) is 3. The van der Waals surface area contributed by atoms with Gasteiger partial charge in [-0.15, -0.1) is 0 Å². The fourth-order valence-electron chi connectivity index (χ4n) is 0.900. The molecule has 0 atom stereocenters. The van der Waals surface area contributed by atoms with Crippen molar-refractivity contribution < 1.29 is 0 Å². The lowest BCUT2D eigenvalue weighted by atomic mass is 10.4. The van der Waals surface area contributed by atoms with Gasteiger partial charge in [-0.2, -0.15) is 5.10 Å².